The Hall–Kier alpha value is -5.75. The summed E-state index contributed by atoms with van der Waals surface area (Å²) in [5, 5.41) is 14.2. The van der Waals surface area contributed by atoms with E-state index in [9.17, 15) is 33.6 Å². The molecule has 5 atom stereocenters. The lowest BCUT2D eigenvalue weighted by Gasteiger charge is -2.54. The lowest BCUT2D eigenvalue weighted by molar-refractivity contribution is -0.182. The van der Waals surface area contributed by atoms with Crippen molar-refractivity contribution in [2.45, 2.75) is 168 Å². The second kappa shape index (κ2) is 26.8. The van der Waals surface area contributed by atoms with E-state index in [1.165, 1.54) is 0 Å². The first-order valence-electron chi connectivity index (χ1n) is 25.8. The van der Waals surface area contributed by atoms with Crippen molar-refractivity contribution < 1.29 is 52.5 Å². The zero-order valence-corrected chi connectivity index (χ0v) is 43.9. The predicted molar refractivity (Wildman–Crippen MR) is 271 cm³/mol. The third-order valence-corrected chi connectivity index (χ3v) is 12.8. The number of carbonyl (C=O) groups excluding carboxylic acids is 7. The van der Waals surface area contributed by atoms with Crippen LogP contribution in [0.1, 0.15) is 124 Å². The van der Waals surface area contributed by atoms with E-state index in [1.54, 1.807) is 51.3 Å². The Kier molecular flexibility index (Phi) is 21.3. The number of likely N-dealkylation sites (tertiary alicyclic amines) is 2. The Balaban J connectivity index is 1.28. The first-order chi connectivity index (χ1) is 34.1. The van der Waals surface area contributed by atoms with Gasteiger partial charge in [-0.05, 0) is 116 Å². The smallest absolute Gasteiger partial charge is 0.408 e. The van der Waals surface area contributed by atoms with Gasteiger partial charge in [-0.2, -0.15) is 0 Å². The molecule has 398 valence electrons. The number of unbranched alkanes of at least 4 members (excludes halogenated alkanes) is 1. The van der Waals surface area contributed by atoms with Crippen LogP contribution in [0, 0.1) is 11.3 Å². The SMILES string of the molecule is CC(C)CC(NC(=O)C(Cc1ccccc1)NC(=O)C(Cc1ccccc1)NC(=O)OC(C)(C)C)C(=O)NC(CCCCNC(=O)OC(C)(C)C)C(=O)N1CCC2(CC1)CN(C(=O)COC1CCCCO1)C2. The topological polar surface area (TPSA) is 223 Å². The minimum Gasteiger partial charge on any atom is -0.444 e. The van der Waals surface area contributed by atoms with Crippen molar-refractivity contribution in [3.63, 3.8) is 0 Å². The minimum atomic E-state index is -1.17. The summed E-state index contributed by atoms with van der Waals surface area (Å²) < 4.78 is 22.2. The summed E-state index contributed by atoms with van der Waals surface area (Å²) in [6, 6.07) is 14.0. The van der Waals surface area contributed by atoms with Gasteiger partial charge in [0.15, 0.2) is 6.29 Å². The number of rotatable bonds is 22. The van der Waals surface area contributed by atoms with Gasteiger partial charge in [-0.15, -0.1) is 0 Å². The molecular weight excluding hydrogens is 923 g/mol. The van der Waals surface area contributed by atoms with E-state index in [2.05, 4.69) is 26.6 Å². The molecule has 3 aliphatic rings. The summed E-state index contributed by atoms with van der Waals surface area (Å²) >= 11 is 0. The van der Waals surface area contributed by atoms with Gasteiger partial charge in [0.1, 0.15) is 42.0 Å². The lowest BCUT2D eigenvalue weighted by Crippen LogP contribution is -2.64. The molecule has 18 nitrogen and oxygen atoms in total. The number of piperidine rings is 1. The van der Waals surface area contributed by atoms with Gasteiger partial charge in [0.2, 0.25) is 29.5 Å². The molecule has 3 heterocycles. The largest absolute Gasteiger partial charge is 0.444 e. The van der Waals surface area contributed by atoms with Gasteiger partial charge in [-0.3, -0.25) is 24.0 Å². The maximum Gasteiger partial charge on any atom is 0.408 e. The Morgan fingerprint density at radius 1 is 0.667 bits per heavy atom. The van der Waals surface area contributed by atoms with E-state index >= 15 is 0 Å². The molecule has 3 fully saturated rings. The maximum atomic E-state index is 14.5. The summed E-state index contributed by atoms with van der Waals surface area (Å²) in [6.07, 6.45) is 4.12. The molecule has 0 saturated carbocycles. The average molecular weight is 1000 g/mol. The molecule has 5 rings (SSSR count). The minimum absolute atomic E-state index is 0.0246. The van der Waals surface area contributed by atoms with Gasteiger partial charge < -0.3 is 55.3 Å². The van der Waals surface area contributed by atoms with Crippen molar-refractivity contribution in [1.82, 2.24) is 36.4 Å². The van der Waals surface area contributed by atoms with Crippen LogP contribution in [0.4, 0.5) is 9.59 Å². The summed E-state index contributed by atoms with van der Waals surface area (Å²) in [5.74, 6) is -2.19. The maximum absolute atomic E-state index is 14.5. The average Bonchev–Trinajstić information content (AvgIpc) is 3.30. The number of alkyl carbamates (subject to hydrolysis) is 2. The van der Waals surface area contributed by atoms with Crippen molar-refractivity contribution in [3.8, 4) is 0 Å². The van der Waals surface area contributed by atoms with Crippen molar-refractivity contribution >= 4 is 41.7 Å². The molecule has 0 aliphatic carbocycles. The molecular formula is C54H81N7O11. The molecule has 7 amide bonds. The third kappa shape index (κ3) is 19.4. The second-order valence-electron chi connectivity index (χ2n) is 22.0. The highest BCUT2D eigenvalue weighted by atomic mass is 16.7. The number of benzene rings is 2. The molecule has 2 aromatic rings. The predicted octanol–water partition coefficient (Wildman–Crippen LogP) is 5.55. The molecule has 18 heteroatoms. The molecule has 0 aromatic heterocycles. The standard InChI is InChI=1S/C54H81N7O11/c1-37(2)31-41(57-47(64)42(32-38-19-11-9-12-20-38)58-48(65)43(33-39-21-13-10-14-22-39)59-51(68)72-53(6,7)8)46(63)56-40(23-15-17-27-55-50(67)71-52(3,4)5)49(66)60-28-25-54(26-29-60)35-61(36-54)44(62)34-70-45-24-16-18-30-69-45/h9-14,19-22,37,40-43,45H,15-18,23-36H2,1-8H3,(H,55,67)(H,56,63)(H,57,64)(H,58,65)(H,59,68). The number of hydrogen-bond acceptors (Lipinski definition) is 11. The number of carbonyl (C=O) groups is 7. The van der Waals surface area contributed by atoms with Crippen LogP contribution in [-0.4, -0.2) is 139 Å². The normalized spacial score (nSPS) is 18.4. The third-order valence-electron chi connectivity index (χ3n) is 12.8. The van der Waals surface area contributed by atoms with Crippen molar-refractivity contribution in [2.75, 3.05) is 45.9 Å². The number of nitrogens with zero attached hydrogens (tertiary/aromatic N) is 2. The van der Waals surface area contributed by atoms with Crippen LogP contribution in [0.5, 0.6) is 0 Å². The molecule has 0 radical (unpaired) electrons. The van der Waals surface area contributed by atoms with Gasteiger partial charge in [0, 0.05) is 57.6 Å². The van der Waals surface area contributed by atoms with Gasteiger partial charge >= 0.3 is 12.2 Å². The second-order valence-corrected chi connectivity index (χ2v) is 22.0. The lowest BCUT2D eigenvalue weighted by atomic mass is 9.72. The van der Waals surface area contributed by atoms with Crippen molar-refractivity contribution in [1.29, 1.82) is 0 Å². The molecule has 72 heavy (non-hydrogen) atoms. The molecule has 3 aliphatic heterocycles. The van der Waals surface area contributed by atoms with E-state index in [-0.39, 0.29) is 61.7 Å². The van der Waals surface area contributed by atoms with Crippen molar-refractivity contribution in [3.05, 3.63) is 71.8 Å². The highest BCUT2D eigenvalue weighted by Crippen LogP contribution is 2.40. The highest BCUT2D eigenvalue weighted by molar-refractivity contribution is 5.95. The van der Waals surface area contributed by atoms with Crippen LogP contribution in [-0.2, 0) is 55.8 Å². The zero-order chi connectivity index (χ0) is 52.5. The first-order valence-corrected chi connectivity index (χ1v) is 25.8. The Morgan fingerprint density at radius 3 is 1.74 bits per heavy atom. The summed E-state index contributed by atoms with van der Waals surface area (Å²) in [6.45, 7) is 17.3. The van der Waals surface area contributed by atoms with Crippen LogP contribution >= 0.6 is 0 Å². The van der Waals surface area contributed by atoms with Crippen LogP contribution in [0.25, 0.3) is 0 Å². The fraction of sp³-hybridized carbons (Fsp3) is 0.648. The Bertz CT molecular complexity index is 2090. The van der Waals surface area contributed by atoms with E-state index in [1.807, 2.05) is 74.5 Å². The highest BCUT2D eigenvalue weighted by Gasteiger charge is 2.48. The zero-order valence-electron chi connectivity index (χ0n) is 43.9. The van der Waals surface area contributed by atoms with Crippen LogP contribution in [0.2, 0.25) is 0 Å². The van der Waals surface area contributed by atoms with Gasteiger partial charge in [0.25, 0.3) is 0 Å². The number of hydrogen-bond donors (Lipinski definition) is 5. The fourth-order valence-electron chi connectivity index (χ4n) is 9.10. The van der Waals surface area contributed by atoms with Crippen LogP contribution in [0.15, 0.2) is 60.7 Å². The van der Waals surface area contributed by atoms with E-state index in [4.69, 9.17) is 18.9 Å². The number of amides is 7. The Morgan fingerprint density at radius 2 is 1.19 bits per heavy atom. The Labute approximate surface area is 426 Å². The fourth-order valence-corrected chi connectivity index (χ4v) is 9.10. The van der Waals surface area contributed by atoms with Crippen LogP contribution < -0.4 is 26.6 Å². The van der Waals surface area contributed by atoms with E-state index < -0.39 is 65.3 Å². The van der Waals surface area contributed by atoms with E-state index in [0.29, 0.717) is 65.0 Å². The van der Waals surface area contributed by atoms with Crippen molar-refractivity contribution in [2.24, 2.45) is 11.3 Å². The monoisotopic (exact) mass is 1000 g/mol. The summed E-state index contributed by atoms with van der Waals surface area (Å²) in [7, 11) is 0. The number of nitrogens with one attached hydrogen (secondary N) is 5. The molecule has 5 unspecified atom stereocenters. The molecule has 3 saturated heterocycles. The van der Waals surface area contributed by atoms with Gasteiger partial charge in [0.05, 0.1) is 0 Å². The quantitative estimate of drug-likeness (QED) is 0.0920. The molecule has 0 bridgehead atoms. The van der Waals surface area contributed by atoms with Gasteiger partial charge in [-0.25, -0.2) is 9.59 Å². The number of ether oxygens (including phenoxy) is 4. The molecule has 1 spiro atoms. The van der Waals surface area contributed by atoms with Gasteiger partial charge in [-0.1, -0.05) is 74.5 Å². The first kappa shape index (κ1) is 57.2. The van der Waals surface area contributed by atoms with E-state index in [0.717, 1.165) is 30.4 Å². The summed E-state index contributed by atoms with van der Waals surface area (Å²) in [4.78, 5) is 99.7. The summed E-state index contributed by atoms with van der Waals surface area (Å²) in [5.41, 5.74) is -0.0833. The molecule has 5 N–H and O–H groups in total. The van der Waals surface area contributed by atoms with Crippen LogP contribution in [0.3, 0.4) is 0 Å². The molecule has 2 aromatic carbocycles.